The number of methoxy groups -OCH3 is 1. The van der Waals surface area contributed by atoms with Crippen molar-refractivity contribution in [2.75, 3.05) is 34.3 Å². The first-order valence-electron chi connectivity index (χ1n) is 7.66. The second-order valence-corrected chi connectivity index (χ2v) is 5.97. The average Bonchev–Trinajstić information content (AvgIpc) is 2.61. The van der Waals surface area contributed by atoms with Crippen molar-refractivity contribution < 1.29 is 4.74 Å². The molecular formula is C17H28N2O. The lowest BCUT2D eigenvalue weighted by molar-refractivity contribution is 0.191. The minimum absolute atomic E-state index is 0.509. The maximum absolute atomic E-state index is 5.39. The van der Waals surface area contributed by atoms with E-state index in [4.69, 9.17) is 4.74 Å². The summed E-state index contributed by atoms with van der Waals surface area (Å²) in [4.78, 5) is 2.52. The molecule has 0 bridgehead atoms. The molecule has 1 heterocycles. The topological polar surface area (TPSA) is 24.5 Å². The molecule has 1 aliphatic heterocycles. The average molecular weight is 276 g/mol. The molecule has 0 saturated carbocycles. The fourth-order valence-electron chi connectivity index (χ4n) is 3.51. The van der Waals surface area contributed by atoms with Crippen LogP contribution in [0, 0.1) is 12.8 Å². The van der Waals surface area contributed by atoms with Crippen LogP contribution < -0.4 is 10.1 Å². The fraction of sp³-hybridized carbons (Fsp3) is 0.647. The van der Waals surface area contributed by atoms with Crippen molar-refractivity contribution in [3.05, 3.63) is 29.3 Å². The van der Waals surface area contributed by atoms with Crippen LogP contribution in [0.5, 0.6) is 5.75 Å². The highest BCUT2D eigenvalue weighted by atomic mass is 16.5. The van der Waals surface area contributed by atoms with E-state index < -0.39 is 0 Å². The molecule has 0 amide bonds. The van der Waals surface area contributed by atoms with Crippen molar-refractivity contribution in [1.29, 1.82) is 0 Å². The van der Waals surface area contributed by atoms with Gasteiger partial charge in [-0.15, -0.1) is 0 Å². The van der Waals surface area contributed by atoms with Gasteiger partial charge in [-0.25, -0.2) is 0 Å². The van der Waals surface area contributed by atoms with Gasteiger partial charge in [0, 0.05) is 6.04 Å². The monoisotopic (exact) mass is 276 g/mol. The number of ether oxygens (including phenoxy) is 1. The van der Waals surface area contributed by atoms with Gasteiger partial charge in [0.1, 0.15) is 5.75 Å². The standard InChI is InChI=1S/C17H28N2O/c1-13-11-14(8-9-16(13)20-4)17-15(12-18-2)7-5-6-10-19(17)3/h8-9,11,15,17-18H,5-7,10,12H2,1-4H3. The van der Waals surface area contributed by atoms with Crippen molar-refractivity contribution in [3.8, 4) is 5.75 Å². The van der Waals surface area contributed by atoms with E-state index in [1.165, 1.54) is 36.9 Å². The lowest BCUT2D eigenvalue weighted by atomic mass is 9.88. The molecule has 1 aromatic carbocycles. The van der Waals surface area contributed by atoms with Crippen molar-refractivity contribution in [1.82, 2.24) is 10.2 Å². The van der Waals surface area contributed by atoms with Crippen LogP contribution in [0.15, 0.2) is 18.2 Å². The first kappa shape index (κ1) is 15.3. The van der Waals surface area contributed by atoms with Gasteiger partial charge in [0.15, 0.2) is 0 Å². The van der Waals surface area contributed by atoms with Crippen LogP contribution in [0.1, 0.15) is 36.4 Å². The van der Waals surface area contributed by atoms with E-state index in [-0.39, 0.29) is 0 Å². The summed E-state index contributed by atoms with van der Waals surface area (Å²) >= 11 is 0. The van der Waals surface area contributed by atoms with Gasteiger partial charge < -0.3 is 10.1 Å². The maximum atomic E-state index is 5.39. The molecule has 3 nitrogen and oxygen atoms in total. The Morgan fingerprint density at radius 3 is 2.80 bits per heavy atom. The number of benzene rings is 1. The summed E-state index contributed by atoms with van der Waals surface area (Å²) in [6, 6.07) is 7.16. The Hall–Kier alpha value is -1.06. The summed E-state index contributed by atoms with van der Waals surface area (Å²) in [5.41, 5.74) is 2.65. The molecular weight excluding hydrogens is 248 g/mol. The van der Waals surface area contributed by atoms with Crippen LogP contribution >= 0.6 is 0 Å². The molecule has 0 spiro atoms. The molecule has 112 valence electrons. The largest absolute Gasteiger partial charge is 0.496 e. The third-order valence-electron chi connectivity index (χ3n) is 4.48. The molecule has 2 atom stereocenters. The summed E-state index contributed by atoms with van der Waals surface area (Å²) in [6.07, 6.45) is 3.95. The lowest BCUT2D eigenvalue weighted by Gasteiger charge is -2.33. The summed E-state index contributed by atoms with van der Waals surface area (Å²) in [6.45, 7) is 4.40. The zero-order chi connectivity index (χ0) is 14.5. The van der Waals surface area contributed by atoms with Crippen LogP contribution in [0.3, 0.4) is 0 Å². The van der Waals surface area contributed by atoms with Crippen LogP contribution in [0.4, 0.5) is 0 Å². The summed E-state index contributed by atoms with van der Waals surface area (Å²) in [7, 11) is 6.06. The number of aryl methyl sites for hydroxylation is 1. The SMILES string of the molecule is CNCC1CCCCN(C)C1c1ccc(OC)c(C)c1. The maximum Gasteiger partial charge on any atom is 0.121 e. The zero-order valence-corrected chi connectivity index (χ0v) is 13.3. The van der Waals surface area contributed by atoms with Crippen molar-refractivity contribution >= 4 is 0 Å². The summed E-state index contributed by atoms with van der Waals surface area (Å²) in [5.74, 6) is 1.66. The van der Waals surface area contributed by atoms with Crippen LogP contribution in [-0.2, 0) is 0 Å². The van der Waals surface area contributed by atoms with Gasteiger partial charge in [-0.05, 0) is 70.1 Å². The van der Waals surface area contributed by atoms with Crippen molar-refractivity contribution in [2.45, 2.75) is 32.2 Å². The third kappa shape index (κ3) is 3.33. The van der Waals surface area contributed by atoms with Crippen LogP contribution in [0.2, 0.25) is 0 Å². The molecule has 1 fully saturated rings. The van der Waals surface area contributed by atoms with E-state index in [2.05, 4.69) is 49.4 Å². The highest BCUT2D eigenvalue weighted by molar-refractivity contribution is 5.37. The molecule has 1 N–H and O–H groups in total. The first-order chi connectivity index (χ1) is 9.67. The minimum atomic E-state index is 0.509. The predicted octanol–water partition coefficient (Wildman–Crippen LogP) is 3.00. The van der Waals surface area contributed by atoms with Gasteiger partial charge in [-0.3, -0.25) is 4.90 Å². The molecule has 2 unspecified atom stereocenters. The highest BCUT2D eigenvalue weighted by Gasteiger charge is 2.28. The molecule has 3 heteroatoms. The Balaban J connectivity index is 2.31. The number of hydrogen-bond acceptors (Lipinski definition) is 3. The highest BCUT2D eigenvalue weighted by Crippen LogP contribution is 2.35. The van der Waals surface area contributed by atoms with E-state index >= 15 is 0 Å². The smallest absolute Gasteiger partial charge is 0.121 e. The fourth-order valence-corrected chi connectivity index (χ4v) is 3.51. The molecule has 20 heavy (non-hydrogen) atoms. The Kier molecular flexibility index (Phi) is 5.44. The van der Waals surface area contributed by atoms with E-state index in [1.54, 1.807) is 7.11 Å². The van der Waals surface area contributed by atoms with E-state index in [9.17, 15) is 0 Å². The number of rotatable bonds is 4. The van der Waals surface area contributed by atoms with Gasteiger partial charge in [0.2, 0.25) is 0 Å². The molecule has 2 rings (SSSR count). The summed E-state index contributed by atoms with van der Waals surface area (Å²) < 4.78 is 5.39. The van der Waals surface area contributed by atoms with Gasteiger partial charge in [-0.1, -0.05) is 18.6 Å². The molecule has 1 aliphatic rings. The summed E-state index contributed by atoms with van der Waals surface area (Å²) in [5, 5.41) is 3.37. The first-order valence-corrected chi connectivity index (χ1v) is 7.66. The second kappa shape index (κ2) is 7.09. The Labute approximate surface area is 123 Å². The third-order valence-corrected chi connectivity index (χ3v) is 4.48. The van der Waals surface area contributed by atoms with Crippen LogP contribution in [0.25, 0.3) is 0 Å². The van der Waals surface area contributed by atoms with Crippen molar-refractivity contribution in [2.24, 2.45) is 5.92 Å². The number of likely N-dealkylation sites (tertiary alicyclic amines) is 1. The Bertz CT molecular complexity index is 433. The van der Waals surface area contributed by atoms with Gasteiger partial charge in [0.25, 0.3) is 0 Å². The zero-order valence-electron chi connectivity index (χ0n) is 13.3. The number of hydrogen-bond donors (Lipinski definition) is 1. The predicted molar refractivity (Wildman–Crippen MR) is 84.4 cm³/mol. The molecule has 1 saturated heterocycles. The Morgan fingerprint density at radius 1 is 1.35 bits per heavy atom. The van der Waals surface area contributed by atoms with Crippen LogP contribution in [-0.4, -0.2) is 39.2 Å². The van der Waals surface area contributed by atoms with Gasteiger partial charge in [-0.2, -0.15) is 0 Å². The number of nitrogens with zero attached hydrogens (tertiary/aromatic N) is 1. The Morgan fingerprint density at radius 2 is 2.15 bits per heavy atom. The molecule has 0 aliphatic carbocycles. The van der Waals surface area contributed by atoms with E-state index in [0.29, 0.717) is 12.0 Å². The normalized spacial score (nSPS) is 24.4. The van der Waals surface area contributed by atoms with E-state index in [0.717, 1.165) is 12.3 Å². The minimum Gasteiger partial charge on any atom is -0.496 e. The quantitative estimate of drug-likeness (QED) is 0.915. The van der Waals surface area contributed by atoms with Gasteiger partial charge in [0.05, 0.1) is 7.11 Å². The molecule has 1 aromatic rings. The second-order valence-electron chi connectivity index (χ2n) is 5.97. The molecule has 0 radical (unpaired) electrons. The number of nitrogens with one attached hydrogen (secondary N) is 1. The van der Waals surface area contributed by atoms with Gasteiger partial charge >= 0.3 is 0 Å². The van der Waals surface area contributed by atoms with E-state index in [1.807, 2.05) is 0 Å². The lowest BCUT2D eigenvalue weighted by Crippen LogP contribution is -2.34. The molecule has 0 aromatic heterocycles. The van der Waals surface area contributed by atoms with Crippen molar-refractivity contribution in [3.63, 3.8) is 0 Å².